The third kappa shape index (κ3) is 3.76. The molecule has 28 heavy (non-hydrogen) atoms. The normalized spacial score (nSPS) is 16.9. The Morgan fingerprint density at radius 3 is 2.61 bits per heavy atom. The SMILES string of the molecule is CC[NH+](Cc1cc(=O)oc2cc(C)c(C)cc12)C[C@@H]1COc2ccccc2O1. The van der Waals surface area contributed by atoms with E-state index in [2.05, 4.69) is 19.9 Å². The number of nitrogens with one attached hydrogen (secondary N) is 1. The molecule has 0 saturated carbocycles. The van der Waals surface area contributed by atoms with Crippen LogP contribution in [-0.4, -0.2) is 25.8 Å². The van der Waals surface area contributed by atoms with E-state index in [9.17, 15) is 4.79 Å². The summed E-state index contributed by atoms with van der Waals surface area (Å²) >= 11 is 0. The van der Waals surface area contributed by atoms with Crippen LogP contribution in [0.25, 0.3) is 11.0 Å². The second-order valence-corrected chi connectivity index (χ2v) is 7.51. The minimum atomic E-state index is -0.299. The molecule has 0 amide bonds. The van der Waals surface area contributed by atoms with Crippen molar-refractivity contribution >= 4 is 11.0 Å². The van der Waals surface area contributed by atoms with Gasteiger partial charge in [-0.15, -0.1) is 0 Å². The summed E-state index contributed by atoms with van der Waals surface area (Å²) < 4.78 is 17.4. The predicted octanol–water partition coefficient (Wildman–Crippen LogP) is 2.65. The van der Waals surface area contributed by atoms with Gasteiger partial charge in [0.15, 0.2) is 17.6 Å². The molecule has 4 rings (SSSR count). The minimum Gasteiger partial charge on any atom is -0.486 e. The van der Waals surface area contributed by atoms with Crippen LogP contribution >= 0.6 is 0 Å². The van der Waals surface area contributed by atoms with Crippen molar-refractivity contribution in [1.82, 2.24) is 0 Å². The molecule has 1 unspecified atom stereocenters. The average Bonchev–Trinajstić information content (AvgIpc) is 2.68. The van der Waals surface area contributed by atoms with E-state index in [4.69, 9.17) is 13.9 Å². The van der Waals surface area contributed by atoms with E-state index in [1.54, 1.807) is 6.07 Å². The molecule has 1 aliphatic heterocycles. The molecule has 0 fully saturated rings. The Morgan fingerprint density at radius 1 is 1.07 bits per heavy atom. The monoisotopic (exact) mass is 380 g/mol. The van der Waals surface area contributed by atoms with Crippen molar-refractivity contribution in [3.05, 3.63) is 69.6 Å². The third-order valence-corrected chi connectivity index (χ3v) is 5.47. The van der Waals surface area contributed by atoms with E-state index in [0.717, 1.165) is 47.6 Å². The number of fused-ring (bicyclic) bond motifs is 2. The molecular formula is C23H26NO4+. The van der Waals surface area contributed by atoms with Crippen molar-refractivity contribution in [1.29, 1.82) is 0 Å². The number of ether oxygens (including phenoxy) is 2. The first kappa shape index (κ1) is 18.6. The van der Waals surface area contributed by atoms with Crippen LogP contribution in [0.15, 0.2) is 51.7 Å². The molecule has 0 saturated heterocycles. The quantitative estimate of drug-likeness (QED) is 0.692. The highest BCUT2D eigenvalue weighted by Crippen LogP contribution is 2.30. The lowest BCUT2D eigenvalue weighted by Crippen LogP contribution is -3.11. The van der Waals surface area contributed by atoms with E-state index in [-0.39, 0.29) is 11.7 Å². The summed E-state index contributed by atoms with van der Waals surface area (Å²) in [7, 11) is 0. The fraction of sp³-hybridized carbons (Fsp3) is 0.348. The van der Waals surface area contributed by atoms with Crippen molar-refractivity contribution in [2.24, 2.45) is 0 Å². The van der Waals surface area contributed by atoms with Crippen LogP contribution in [0.2, 0.25) is 0 Å². The number of hydrogen-bond acceptors (Lipinski definition) is 4. The van der Waals surface area contributed by atoms with Gasteiger partial charge in [-0.25, -0.2) is 4.79 Å². The van der Waals surface area contributed by atoms with Gasteiger partial charge in [0.25, 0.3) is 0 Å². The molecule has 3 aromatic rings. The largest absolute Gasteiger partial charge is 0.486 e. The van der Waals surface area contributed by atoms with Crippen LogP contribution in [0.1, 0.15) is 23.6 Å². The maximum atomic E-state index is 12.1. The highest BCUT2D eigenvalue weighted by atomic mass is 16.6. The first-order valence-corrected chi connectivity index (χ1v) is 9.79. The number of para-hydroxylation sites is 2. The minimum absolute atomic E-state index is 0.0137. The van der Waals surface area contributed by atoms with Gasteiger partial charge >= 0.3 is 5.63 Å². The Balaban J connectivity index is 1.56. The summed E-state index contributed by atoms with van der Waals surface area (Å²) in [5.41, 5.74) is 3.70. The van der Waals surface area contributed by atoms with Gasteiger partial charge in [-0.05, 0) is 56.2 Å². The zero-order valence-electron chi connectivity index (χ0n) is 16.6. The summed E-state index contributed by atoms with van der Waals surface area (Å²) in [5.74, 6) is 1.60. The number of quaternary nitrogens is 1. The Hall–Kier alpha value is -2.79. The standard InChI is InChI=1S/C23H25NO4/c1-4-24(13-18-14-26-20-7-5-6-8-21(20)27-18)12-17-11-23(25)28-22-10-16(3)15(2)9-19(17)22/h5-11,18H,4,12-14H2,1-3H3/p+1/t18-/m1/s1. The maximum absolute atomic E-state index is 12.1. The van der Waals surface area contributed by atoms with Crippen LogP contribution in [0.5, 0.6) is 11.5 Å². The average molecular weight is 380 g/mol. The second kappa shape index (κ2) is 7.68. The Morgan fingerprint density at radius 2 is 1.82 bits per heavy atom. The highest BCUT2D eigenvalue weighted by Gasteiger charge is 2.25. The van der Waals surface area contributed by atoms with E-state index < -0.39 is 0 Å². The maximum Gasteiger partial charge on any atom is 0.336 e. The van der Waals surface area contributed by atoms with Gasteiger partial charge in [0, 0.05) is 17.0 Å². The summed E-state index contributed by atoms with van der Waals surface area (Å²) in [5, 5.41) is 1.01. The fourth-order valence-corrected chi connectivity index (χ4v) is 3.73. The van der Waals surface area contributed by atoms with E-state index in [0.29, 0.717) is 12.2 Å². The zero-order valence-corrected chi connectivity index (χ0v) is 16.6. The lowest BCUT2D eigenvalue weighted by Gasteiger charge is -2.29. The van der Waals surface area contributed by atoms with Crippen LogP contribution in [-0.2, 0) is 6.54 Å². The molecule has 1 N–H and O–H groups in total. The molecule has 5 nitrogen and oxygen atoms in total. The molecule has 5 heteroatoms. The van der Waals surface area contributed by atoms with Gasteiger partial charge in [-0.1, -0.05) is 12.1 Å². The van der Waals surface area contributed by atoms with Gasteiger partial charge < -0.3 is 18.8 Å². The smallest absolute Gasteiger partial charge is 0.336 e. The Kier molecular flexibility index (Phi) is 5.09. The molecule has 2 aromatic carbocycles. The van der Waals surface area contributed by atoms with Gasteiger partial charge in [0.05, 0.1) is 6.54 Å². The van der Waals surface area contributed by atoms with Crippen molar-refractivity contribution < 1.29 is 18.8 Å². The number of rotatable bonds is 5. The van der Waals surface area contributed by atoms with Gasteiger partial charge in [0.1, 0.15) is 25.3 Å². The van der Waals surface area contributed by atoms with Crippen molar-refractivity contribution in [3.63, 3.8) is 0 Å². The molecule has 146 valence electrons. The summed E-state index contributed by atoms with van der Waals surface area (Å²) in [6.07, 6.45) is -0.0137. The molecular weight excluding hydrogens is 354 g/mol. The molecule has 0 radical (unpaired) electrons. The van der Waals surface area contributed by atoms with E-state index in [1.807, 2.05) is 37.3 Å². The summed E-state index contributed by atoms with van der Waals surface area (Å²) in [4.78, 5) is 13.4. The molecule has 1 aromatic heterocycles. The number of aryl methyl sites for hydroxylation is 2. The number of benzene rings is 2. The molecule has 2 atom stereocenters. The predicted molar refractivity (Wildman–Crippen MR) is 108 cm³/mol. The van der Waals surface area contributed by atoms with E-state index >= 15 is 0 Å². The van der Waals surface area contributed by atoms with Crippen LogP contribution in [0, 0.1) is 13.8 Å². The van der Waals surface area contributed by atoms with Crippen LogP contribution in [0.3, 0.4) is 0 Å². The zero-order chi connectivity index (χ0) is 19.7. The van der Waals surface area contributed by atoms with Crippen LogP contribution in [0.4, 0.5) is 0 Å². The highest BCUT2D eigenvalue weighted by molar-refractivity contribution is 5.81. The van der Waals surface area contributed by atoms with Gasteiger partial charge in [-0.2, -0.15) is 0 Å². The lowest BCUT2D eigenvalue weighted by atomic mass is 10.0. The lowest BCUT2D eigenvalue weighted by molar-refractivity contribution is -0.914. The Bertz CT molecular complexity index is 1060. The molecule has 1 aliphatic rings. The van der Waals surface area contributed by atoms with Crippen molar-refractivity contribution in [3.8, 4) is 11.5 Å². The summed E-state index contributed by atoms with van der Waals surface area (Å²) in [6, 6.07) is 13.5. The first-order chi connectivity index (χ1) is 13.5. The van der Waals surface area contributed by atoms with Gasteiger partial charge in [0.2, 0.25) is 0 Å². The molecule has 0 spiro atoms. The topological polar surface area (TPSA) is 53.1 Å². The molecule has 0 bridgehead atoms. The molecule has 2 heterocycles. The van der Waals surface area contributed by atoms with Crippen LogP contribution < -0.4 is 20.0 Å². The summed E-state index contributed by atoms with van der Waals surface area (Å²) in [6.45, 7) is 9.27. The Labute approximate surface area is 164 Å². The third-order valence-electron chi connectivity index (χ3n) is 5.47. The van der Waals surface area contributed by atoms with E-state index in [1.165, 1.54) is 10.5 Å². The number of hydrogen-bond donors (Lipinski definition) is 1. The second-order valence-electron chi connectivity index (χ2n) is 7.51. The van der Waals surface area contributed by atoms with Crippen molar-refractivity contribution in [2.45, 2.75) is 33.4 Å². The molecule has 0 aliphatic carbocycles. The fourth-order valence-electron chi connectivity index (χ4n) is 3.73. The van der Waals surface area contributed by atoms with Crippen molar-refractivity contribution in [2.75, 3.05) is 19.7 Å². The number of likely N-dealkylation sites (N-methyl/N-ethyl adjacent to an activating group) is 1. The van der Waals surface area contributed by atoms with Gasteiger partial charge in [-0.3, -0.25) is 0 Å². The first-order valence-electron chi connectivity index (χ1n) is 9.79.